The minimum Gasteiger partial charge on any atom is -0.348 e. The molecule has 0 atom stereocenters. The number of carbonyl (C=O) groups excluding carboxylic acids is 1. The van der Waals surface area contributed by atoms with Gasteiger partial charge in [-0.1, -0.05) is 23.3 Å². The van der Waals surface area contributed by atoms with Crippen LogP contribution in [-0.4, -0.2) is 30.5 Å². The van der Waals surface area contributed by atoms with Crippen LogP contribution in [0.2, 0.25) is 5.02 Å². The molecular formula is C13H14ClN3O3. The maximum Gasteiger partial charge on any atom is 0.270 e. The Balaban J connectivity index is 2.02. The molecular weight excluding hydrogens is 282 g/mol. The lowest BCUT2D eigenvalue weighted by Crippen LogP contribution is -2.29. The summed E-state index contributed by atoms with van der Waals surface area (Å²) in [5, 5.41) is 16.6. The highest BCUT2D eigenvalue weighted by molar-refractivity contribution is 6.34. The van der Waals surface area contributed by atoms with Gasteiger partial charge in [-0.25, -0.2) is 0 Å². The third-order valence-electron chi connectivity index (χ3n) is 3.04. The lowest BCUT2D eigenvalue weighted by atomic mass is 10.1. The summed E-state index contributed by atoms with van der Waals surface area (Å²) in [6.45, 7) is 2.18. The maximum absolute atomic E-state index is 12.0. The minimum absolute atomic E-state index is 0.0796. The van der Waals surface area contributed by atoms with E-state index >= 15 is 0 Å². The van der Waals surface area contributed by atoms with Gasteiger partial charge in [-0.3, -0.25) is 14.9 Å². The summed E-state index contributed by atoms with van der Waals surface area (Å²) in [6, 6.07) is 3.82. The van der Waals surface area contributed by atoms with E-state index in [4.69, 9.17) is 11.6 Å². The van der Waals surface area contributed by atoms with Crippen molar-refractivity contribution >= 4 is 23.2 Å². The number of rotatable bonds is 4. The molecule has 0 unspecified atom stereocenters. The van der Waals surface area contributed by atoms with Crippen LogP contribution < -0.4 is 10.6 Å². The van der Waals surface area contributed by atoms with Crippen LogP contribution in [0.5, 0.6) is 0 Å². The first-order valence-electron chi connectivity index (χ1n) is 6.18. The summed E-state index contributed by atoms with van der Waals surface area (Å²) < 4.78 is 0. The molecule has 6 nitrogen and oxygen atoms in total. The van der Waals surface area contributed by atoms with Crippen LogP contribution in [0.15, 0.2) is 29.8 Å². The Morgan fingerprint density at radius 2 is 2.30 bits per heavy atom. The van der Waals surface area contributed by atoms with Crippen LogP contribution in [0.25, 0.3) is 0 Å². The average Bonchev–Trinajstić information content (AvgIpc) is 2.45. The molecule has 7 heteroatoms. The van der Waals surface area contributed by atoms with Crippen molar-refractivity contribution in [2.45, 2.75) is 6.42 Å². The van der Waals surface area contributed by atoms with Gasteiger partial charge in [0.2, 0.25) is 0 Å². The molecule has 106 valence electrons. The minimum atomic E-state index is -0.548. The van der Waals surface area contributed by atoms with Crippen molar-refractivity contribution in [1.29, 1.82) is 0 Å². The number of carbonyl (C=O) groups is 1. The lowest BCUT2D eigenvalue weighted by molar-refractivity contribution is -0.384. The Bertz CT molecular complexity index is 572. The molecule has 1 aliphatic rings. The van der Waals surface area contributed by atoms with Gasteiger partial charge in [0.15, 0.2) is 0 Å². The van der Waals surface area contributed by atoms with Crippen molar-refractivity contribution in [3.8, 4) is 0 Å². The van der Waals surface area contributed by atoms with Gasteiger partial charge in [0, 0.05) is 25.2 Å². The summed E-state index contributed by atoms with van der Waals surface area (Å²) in [6.07, 6.45) is 2.94. The average molecular weight is 296 g/mol. The molecule has 0 aliphatic carbocycles. The quantitative estimate of drug-likeness (QED) is 0.505. The molecule has 1 aliphatic heterocycles. The van der Waals surface area contributed by atoms with Crippen molar-refractivity contribution in [2.75, 3.05) is 19.6 Å². The van der Waals surface area contributed by atoms with Crippen LogP contribution in [0.1, 0.15) is 16.8 Å². The molecule has 0 saturated carbocycles. The van der Waals surface area contributed by atoms with Crippen molar-refractivity contribution in [2.24, 2.45) is 0 Å². The first-order valence-corrected chi connectivity index (χ1v) is 6.56. The van der Waals surface area contributed by atoms with Crippen molar-refractivity contribution in [3.05, 3.63) is 50.5 Å². The molecule has 0 bridgehead atoms. The number of nitro groups is 1. The Hall–Kier alpha value is -1.92. The monoisotopic (exact) mass is 295 g/mol. The zero-order valence-electron chi connectivity index (χ0n) is 10.7. The zero-order valence-corrected chi connectivity index (χ0v) is 11.4. The SMILES string of the molecule is O=C(NCC1=CCNCC1)c1ccc([N+](=O)[O-])cc1Cl. The van der Waals surface area contributed by atoms with E-state index < -0.39 is 4.92 Å². The number of benzene rings is 1. The molecule has 1 aromatic rings. The highest BCUT2D eigenvalue weighted by Crippen LogP contribution is 2.22. The van der Waals surface area contributed by atoms with E-state index in [1.807, 2.05) is 6.08 Å². The van der Waals surface area contributed by atoms with E-state index in [0.29, 0.717) is 6.54 Å². The van der Waals surface area contributed by atoms with Gasteiger partial charge in [0.1, 0.15) is 0 Å². The van der Waals surface area contributed by atoms with E-state index in [9.17, 15) is 14.9 Å². The molecule has 0 spiro atoms. The molecule has 20 heavy (non-hydrogen) atoms. The summed E-state index contributed by atoms with van der Waals surface area (Å²) in [4.78, 5) is 22.0. The fraction of sp³-hybridized carbons (Fsp3) is 0.308. The van der Waals surface area contributed by atoms with Gasteiger partial charge in [-0.2, -0.15) is 0 Å². The Morgan fingerprint density at radius 3 is 2.90 bits per heavy atom. The fourth-order valence-corrected chi connectivity index (χ4v) is 2.18. The van der Waals surface area contributed by atoms with Gasteiger partial charge in [-0.15, -0.1) is 0 Å². The summed E-state index contributed by atoms with van der Waals surface area (Å²) >= 11 is 5.90. The van der Waals surface area contributed by atoms with E-state index in [2.05, 4.69) is 10.6 Å². The molecule has 0 fully saturated rings. The Labute approximate surface area is 121 Å². The number of amides is 1. The number of halogens is 1. The molecule has 1 amide bonds. The molecule has 1 aromatic carbocycles. The van der Waals surface area contributed by atoms with Crippen molar-refractivity contribution in [3.63, 3.8) is 0 Å². The van der Waals surface area contributed by atoms with Crippen LogP contribution in [0, 0.1) is 10.1 Å². The maximum atomic E-state index is 12.0. The molecule has 1 heterocycles. The number of hydrogen-bond acceptors (Lipinski definition) is 4. The largest absolute Gasteiger partial charge is 0.348 e. The normalized spacial score (nSPS) is 14.6. The Morgan fingerprint density at radius 1 is 1.50 bits per heavy atom. The van der Waals surface area contributed by atoms with E-state index in [1.165, 1.54) is 18.2 Å². The fourth-order valence-electron chi connectivity index (χ4n) is 1.92. The van der Waals surface area contributed by atoms with Gasteiger partial charge in [0.05, 0.1) is 15.5 Å². The van der Waals surface area contributed by atoms with Gasteiger partial charge < -0.3 is 10.6 Å². The summed E-state index contributed by atoms with van der Waals surface area (Å²) in [7, 11) is 0. The first kappa shape index (κ1) is 14.5. The zero-order chi connectivity index (χ0) is 14.5. The van der Waals surface area contributed by atoms with Crippen LogP contribution in [0.3, 0.4) is 0 Å². The molecule has 2 rings (SSSR count). The second-order valence-electron chi connectivity index (χ2n) is 4.42. The number of nitro benzene ring substituents is 1. The van der Waals surface area contributed by atoms with Crippen molar-refractivity contribution < 1.29 is 9.72 Å². The van der Waals surface area contributed by atoms with Gasteiger partial charge in [-0.05, 0) is 19.0 Å². The van der Waals surface area contributed by atoms with Crippen LogP contribution >= 0.6 is 11.6 Å². The smallest absolute Gasteiger partial charge is 0.270 e. The number of nitrogens with one attached hydrogen (secondary N) is 2. The second-order valence-corrected chi connectivity index (χ2v) is 4.83. The van der Waals surface area contributed by atoms with Crippen LogP contribution in [-0.2, 0) is 0 Å². The van der Waals surface area contributed by atoms with Gasteiger partial charge >= 0.3 is 0 Å². The first-order chi connectivity index (χ1) is 9.58. The number of non-ortho nitro benzene ring substituents is 1. The van der Waals surface area contributed by atoms with Crippen LogP contribution in [0.4, 0.5) is 5.69 Å². The standard InChI is InChI=1S/C13H14ClN3O3/c14-12-7-10(17(19)20)1-2-11(12)13(18)16-8-9-3-5-15-6-4-9/h1-3,7,15H,4-6,8H2,(H,16,18). The summed E-state index contributed by atoms with van der Waals surface area (Å²) in [5.41, 5.74) is 1.27. The van der Waals surface area contributed by atoms with Gasteiger partial charge in [0.25, 0.3) is 11.6 Å². The number of nitrogens with zero attached hydrogens (tertiary/aromatic N) is 1. The predicted octanol–water partition coefficient (Wildman–Crippen LogP) is 1.90. The molecule has 0 aromatic heterocycles. The topological polar surface area (TPSA) is 84.3 Å². The van der Waals surface area contributed by atoms with E-state index in [0.717, 1.165) is 25.1 Å². The summed E-state index contributed by atoms with van der Waals surface area (Å²) in [5.74, 6) is -0.329. The number of hydrogen-bond donors (Lipinski definition) is 2. The third kappa shape index (κ3) is 3.55. The van der Waals surface area contributed by atoms with E-state index in [1.54, 1.807) is 0 Å². The highest BCUT2D eigenvalue weighted by Gasteiger charge is 2.15. The van der Waals surface area contributed by atoms with E-state index in [-0.39, 0.29) is 22.2 Å². The third-order valence-corrected chi connectivity index (χ3v) is 3.35. The molecule has 2 N–H and O–H groups in total. The lowest BCUT2D eigenvalue weighted by Gasteiger charge is -2.14. The molecule has 0 radical (unpaired) electrons. The second kappa shape index (κ2) is 6.49. The van der Waals surface area contributed by atoms with Crippen molar-refractivity contribution in [1.82, 2.24) is 10.6 Å². The predicted molar refractivity (Wildman–Crippen MR) is 76.0 cm³/mol. The Kier molecular flexibility index (Phi) is 4.70. The highest BCUT2D eigenvalue weighted by atomic mass is 35.5. The molecule has 0 saturated heterocycles.